The molecule has 7 heteroatoms. The number of carbonyl (C=O) groups is 1. The molecule has 1 N–H and O–H groups in total. The third kappa shape index (κ3) is 6.60. The maximum absolute atomic E-state index is 13.2. The molecule has 2 aliphatic heterocycles. The number of rotatable bonds is 8. The highest BCUT2D eigenvalue weighted by Gasteiger charge is 2.22. The van der Waals surface area contributed by atoms with Crippen molar-refractivity contribution in [2.45, 2.75) is 39.3 Å². The predicted molar refractivity (Wildman–Crippen MR) is 167 cm³/mol. The highest BCUT2D eigenvalue weighted by atomic mass is 31.0. The molecule has 0 saturated carbocycles. The number of allylic oxidation sites excluding steroid dienone is 4. The zero-order valence-corrected chi connectivity index (χ0v) is 24.4. The first-order chi connectivity index (χ1) is 18.3. The summed E-state index contributed by atoms with van der Waals surface area (Å²) < 4.78 is 0. The number of hydrogen-bond acceptors (Lipinski definition) is 4. The van der Waals surface area contributed by atoms with E-state index in [2.05, 4.69) is 94.2 Å². The lowest BCUT2D eigenvalue weighted by Crippen LogP contribution is -2.46. The summed E-state index contributed by atoms with van der Waals surface area (Å²) in [4.78, 5) is 20.0. The van der Waals surface area contributed by atoms with E-state index in [0.717, 1.165) is 55.0 Å². The number of benzene rings is 2. The van der Waals surface area contributed by atoms with Crippen molar-refractivity contribution in [2.75, 3.05) is 36.0 Å². The van der Waals surface area contributed by atoms with Gasteiger partial charge in [-0.05, 0) is 84.5 Å². The molecular weight excluding hydrogens is 486 g/mol. The summed E-state index contributed by atoms with van der Waals surface area (Å²) in [6.45, 7) is 14.7. The van der Waals surface area contributed by atoms with Gasteiger partial charge in [0.15, 0.2) is 0 Å². The lowest BCUT2D eigenvalue weighted by atomic mass is 9.95. The lowest BCUT2D eigenvalue weighted by Gasteiger charge is -2.37. The summed E-state index contributed by atoms with van der Waals surface area (Å²) >= 11 is 0. The van der Waals surface area contributed by atoms with Gasteiger partial charge in [0, 0.05) is 56.0 Å². The Morgan fingerprint density at radius 3 is 2.08 bits per heavy atom. The molecule has 1 saturated heterocycles. The summed E-state index contributed by atoms with van der Waals surface area (Å²) in [5.41, 5.74) is 9.06. The van der Waals surface area contributed by atoms with Crippen LogP contribution in [0.1, 0.15) is 43.9 Å². The fourth-order valence-corrected chi connectivity index (χ4v) is 5.09. The van der Waals surface area contributed by atoms with Crippen molar-refractivity contribution in [1.82, 2.24) is 10.2 Å². The third-order valence-corrected chi connectivity index (χ3v) is 7.78. The Hall–Kier alpha value is -3.24. The minimum Gasteiger partial charge on any atom is -0.368 e. The second kappa shape index (κ2) is 12.5. The summed E-state index contributed by atoms with van der Waals surface area (Å²) in [7, 11) is 5.06. The lowest BCUT2D eigenvalue weighted by molar-refractivity contribution is -0.118. The number of amides is 1. The average Bonchev–Trinajstić information content (AvgIpc) is 2.93. The molecule has 1 fully saturated rings. The van der Waals surface area contributed by atoms with Crippen LogP contribution in [-0.2, 0) is 11.3 Å². The van der Waals surface area contributed by atoms with Crippen molar-refractivity contribution in [3.63, 3.8) is 0 Å². The van der Waals surface area contributed by atoms with Crippen LogP contribution in [0.3, 0.4) is 0 Å². The van der Waals surface area contributed by atoms with Crippen LogP contribution in [0, 0.1) is 0 Å². The maximum Gasteiger partial charge on any atom is 0.268 e. The molecule has 38 heavy (non-hydrogen) atoms. The second-order valence-electron chi connectivity index (χ2n) is 10.3. The molecule has 0 aromatic heterocycles. The van der Waals surface area contributed by atoms with Gasteiger partial charge in [-0.25, -0.2) is 0 Å². The van der Waals surface area contributed by atoms with Crippen LogP contribution in [0.4, 0.5) is 11.4 Å². The Morgan fingerprint density at radius 2 is 1.58 bits per heavy atom. The van der Waals surface area contributed by atoms with Crippen molar-refractivity contribution in [2.24, 2.45) is 0 Å². The van der Waals surface area contributed by atoms with Crippen LogP contribution in [0.25, 0.3) is 0 Å². The van der Waals surface area contributed by atoms with Crippen LogP contribution < -0.4 is 15.1 Å². The molecule has 2 aromatic rings. The van der Waals surface area contributed by atoms with Crippen LogP contribution in [-0.4, -0.2) is 44.8 Å². The van der Waals surface area contributed by atoms with Gasteiger partial charge >= 0.3 is 0 Å². The van der Waals surface area contributed by atoms with Gasteiger partial charge in [0.25, 0.3) is 5.91 Å². The van der Waals surface area contributed by atoms with Gasteiger partial charge in [-0.3, -0.25) is 4.79 Å². The quantitative estimate of drug-likeness (QED) is 0.295. The molecule has 0 aliphatic carbocycles. The van der Waals surface area contributed by atoms with Gasteiger partial charge in [0.1, 0.15) is 13.5 Å². The first kappa shape index (κ1) is 27.8. The van der Waals surface area contributed by atoms with Crippen molar-refractivity contribution < 1.29 is 4.79 Å². The van der Waals surface area contributed by atoms with Crippen LogP contribution in [0.5, 0.6) is 0 Å². The summed E-state index contributed by atoms with van der Waals surface area (Å²) in [5.74, 6) is -0.0801. The van der Waals surface area contributed by atoms with E-state index in [9.17, 15) is 4.79 Å². The number of piperazine rings is 1. The molecule has 0 bridgehead atoms. The van der Waals surface area contributed by atoms with E-state index in [0.29, 0.717) is 17.8 Å². The van der Waals surface area contributed by atoms with Crippen LogP contribution in [0.2, 0.25) is 0 Å². The van der Waals surface area contributed by atoms with Crippen LogP contribution in [0.15, 0.2) is 96.0 Å². The van der Waals surface area contributed by atoms with Crippen molar-refractivity contribution in [3.05, 3.63) is 107 Å². The highest BCUT2D eigenvalue weighted by Crippen LogP contribution is 2.26. The number of anilines is 2. The molecule has 2 aliphatic rings. The van der Waals surface area contributed by atoms with Gasteiger partial charge in [-0.1, -0.05) is 37.8 Å². The van der Waals surface area contributed by atoms with Gasteiger partial charge < -0.3 is 20.0 Å². The Labute approximate surface area is 231 Å². The van der Waals surface area contributed by atoms with Crippen LogP contribution >= 0.6 is 9.24 Å². The van der Waals surface area contributed by atoms with Gasteiger partial charge in [0.2, 0.25) is 0 Å². The molecule has 2 aromatic carbocycles. The molecule has 4 rings (SSSR count). The normalized spacial score (nSPS) is 17.2. The Morgan fingerprint density at radius 1 is 1.03 bits per heavy atom. The summed E-state index contributed by atoms with van der Waals surface area (Å²) in [5, 5.41) is 3.12. The standard InChI is InChI=1S/C31H40BN4OP/c1-5-23(3)29(36-15-14-22(2)20-24(36)4)31(37)33-21-25-6-10-27(11-7-25)34-16-18-35(19-17-34)28-12-8-26(9-13-28)30(32)38/h6-15,20,30H,4-5,16-19,21,32,38H2,1-3H3,(H,33,37)/b29-23+. The van der Waals surface area contributed by atoms with Gasteiger partial charge in [-0.2, -0.15) is 0 Å². The SMILES string of the molecule is BC(P)c1ccc(N2CCN(c3ccc(CNC(=O)/C(=C(/C)CC)N4C=CC(C)=CC4=C)cc3)CC2)cc1. The number of nitrogens with zero attached hydrogens (tertiary/aromatic N) is 3. The summed E-state index contributed by atoms with van der Waals surface area (Å²) in [6, 6.07) is 17.5. The molecule has 2 heterocycles. The van der Waals surface area contributed by atoms with Crippen molar-refractivity contribution >= 4 is 34.4 Å². The first-order valence-corrected chi connectivity index (χ1v) is 14.2. The Bertz CT molecular complexity index is 1240. The molecule has 5 nitrogen and oxygen atoms in total. The first-order valence-electron chi connectivity index (χ1n) is 13.5. The minimum absolute atomic E-state index is 0.0801. The average molecular weight is 526 g/mol. The van der Waals surface area contributed by atoms with E-state index in [1.54, 1.807) is 0 Å². The maximum atomic E-state index is 13.2. The monoisotopic (exact) mass is 526 g/mol. The molecule has 0 spiro atoms. The zero-order valence-electron chi connectivity index (χ0n) is 23.2. The minimum atomic E-state index is -0.0801. The Balaban J connectivity index is 1.32. The Kier molecular flexibility index (Phi) is 9.17. The fraction of sp³-hybridized carbons (Fsp3) is 0.323. The zero-order chi connectivity index (χ0) is 27.2. The predicted octanol–water partition coefficient (Wildman–Crippen LogP) is 5.11. The smallest absolute Gasteiger partial charge is 0.268 e. The van der Waals surface area contributed by atoms with E-state index in [4.69, 9.17) is 0 Å². The van der Waals surface area contributed by atoms with E-state index < -0.39 is 0 Å². The number of nitrogens with one attached hydrogen (secondary N) is 1. The fourth-order valence-electron chi connectivity index (χ4n) is 4.86. The third-order valence-electron chi connectivity index (χ3n) is 7.40. The summed E-state index contributed by atoms with van der Waals surface area (Å²) in [6.07, 6.45) is 6.73. The van der Waals surface area contributed by atoms with Crippen molar-refractivity contribution in [3.8, 4) is 0 Å². The topological polar surface area (TPSA) is 38.8 Å². The van der Waals surface area contributed by atoms with E-state index >= 15 is 0 Å². The number of carbonyl (C=O) groups excluding carboxylic acids is 1. The second-order valence-corrected chi connectivity index (χ2v) is 11.3. The largest absolute Gasteiger partial charge is 0.368 e. The molecule has 0 radical (unpaired) electrons. The molecule has 2 unspecified atom stereocenters. The molecule has 198 valence electrons. The van der Waals surface area contributed by atoms with E-state index in [1.807, 2.05) is 37.1 Å². The van der Waals surface area contributed by atoms with Gasteiger partial charge in [0.05, 0.1) is 0 Å². The molecule has 1 amide bonds. The highest BCUT2D eigenvalue weighted by molar-refractivity contribution is 7.20. The van der Waals surface area contributed by atoms with E-state index in [-0.39, 0.29) is 5.91 Å². The van der Waals surface area contributed by atoms with Crippen molar-refractivity contribution in [1.29, 1.82) is 0 Å². The number of hydrogen-bond donors (Lipinski definition) is 1. The van der Waals surface area contributed by atoms with E-state index in [1.165, 1.54) is 16.9 Å². The van der Waals surface area contributed by atoms with Gasteiger partial charge in [-0.15, -0.1) is 9.24 Å². The molecular formula is C31H40BN4OP. The molecule has 2 atom stereocenters.